The molecule has 13 heteroatoms. The predicted molar refractivity (Wildman–Crippen MR) is 232 cm³/mol. The molecule has 5 aliphatic carbocycles. The standard InChI is InChI=1S/C48H68N4O8S/c1-43(2)18-20-48(41(57)59-7)21-19-47(6)38(30(48)25-43)32(53)23-35-44(3)24-29(26-49)40(56)45(4,34(44)16-17-46(35,47)5)28-60-37(55)15-9-8-12-22-50-36(54)14-11-10-13-33-39-31(27-61-33)51-42(58)52-39/h23-24,30-31,33-34,38-39H,8-22,25,27-28H2,1-7H3,(H,50,54)(H2,51,52,58)/t30?,31-,33-,34+,38?,39-,44-,45-,46+,47+,48-/m0/s1. The molecule has 3 N–H and O–H groups in total. The third-order valence-corrected chi connectivity index (χ3v) is 18.8. The average molecular weight is 861 g/mol. The highest BCUT2D eigenvalue weighted by atomic mass is 32.2. The van der Waals surface area contributed by atoms with E-state index in [0.717, 1.165) is 62.7 Å². The first kappa shape index (κ1) is 45.4. The molecule has 5 fully saturated rings. The van der Waals surface area contributed by atoms with Crippen molar-refractivity contribution in [2.75, 3.05) is 26.0 Å². The second kappa shape index (κ2) is 16.8. The lowest BCUT2D eigenvalue weighted by Gasteiger charge is -2.68. The van der Waals surface area contributed by atoms with E-state index in [-0.39, 0.29) is 83.3 Å². The number of methoxy groups -OCH3 is 1. The molecule has 7 aliphatic rings. The highest BCUT2D eigenvalue weighted by Gasteiger charge is 2.71. The van der Waals surface area contributed by atoms with Crippen LogP contribution in [0.15, 0.2) is 23.3 Å². The number of ketones is 2. The Balaban J connectivity index is 0.942. The van der Waals surface area contributed by atoms with Gasteiger partial charge in [-0.2, -0.15) is 17.0 Å². The van der Waals surface area contributed by atoms with E-state index in [1.807, 2.05) is 24.8 Å². The molecule has 0 radical (unpaired) electrons. The molecular weight excluding hydrogens is 793 g/mol. The zero-order chi connectivity index (χ0) is 44.2. The maximum atomic E-state index is 14.8. The van der Waals surface area contributed by atoms with Crippen molar-refractivity contribution in [2.24, 2.45) is 50.2 Å². The molecule has 2 unspecified atom stereocenters. The molecule has 7 rings (SSSR count). The molecule has 334 valence electrons. The lowest BCUT2D eigenvalue weighted by atomic mass is 9.34. The Morgan fingerprint density at radius 2 is 1.67 bits per heavy atom. The number of allylic oxidation sites excluding steroid dienone is 4. The van der Waals surface area contributed by atoms with Gasteiger partial charge in [0, 0.05) is 41.7 Å². The van der Waals surface area contributed by atoms with E-state index in [9.17, 15) is 34.0 Å². The van der Waals surface area contributed by atoms with Crippen molar-refractivity contribution >= 4 is 47.2 Å². The van der Waals surface area contributed by atoms with Crippen molar-refractivity contribution in [2.45, 2.75) is 155 Å². The predicted octanol–water partition coefficient (Wildman–Crippen LogP) is 7.30. The number of amides is 3. The number of nitrogens with zero attached hydrogens (tertiary/aromatic N) is 1. The maximum Gasteiger partial charge on any atom is 0.315 e. The summed E-state index contributed by atoms with van der Waals surface area (Å²) in [7, 11) is 1.46. The third kappa shape index (κ3) is 7.77. The van der Waals surface area contributed by atoms with Gasteiger partial charge >= 0.3 is 18.0 Å². The molecule has 0 bridgehead atoms. The van der Waals surface area contributed by atoms with Crippen LogP contribution in [-0.2, 0) is 33.4 Å². The van der Waals surface area contributed by atoms with Crippen molar-refractivity contribution in [3.8, 4) is 6.07 Å². The number of nitriles is 1. The molecule has 2 saturated heterocycles. The fourth-order valence-electron chi connectivity index (χ4n) is 13.7. The molecule has 0 spiro atoms. The van der Waals surface area contributed by atoms with Crippen LogP contribution in [0.4, 0.5) is 4.79 Å². The highest BCUT2D eigenvalue weighted by Crippen LogP contribution is 2.74. The van der Waals surface area contributed by atoms with Crippen LogP contribution >= 0.6 is 11.8 Å². The van der Waals surface area contributed by atoms with Gasteiger partial charge in [0.25, 0.3) is 0 Å². The zero-order valence-electron chi connectivity index (χ0n) is 37.5. The molecule has 61 heavy (non-hydrogen) atoms. The average Bonchev–Trinajstić information content (AvgIpc) is 3.77. The number of carbonyl (C=O) groups is 6. The Hall–Kier alpha value is -3.66. The van der Waals surface area contributed by atoms with Crippen molar-refractivity contribution in [3.63, 3.8) is 0 Å². The van der Waals surface area contributed by atoms with Crippen molar-refractivity contribution in [3.05, 3.63) is 23.3 Å². The summed E-state index contributed by atoms with van der Waals surface area (Å²) in [5.41, 5.74) is -2.60. The number of Topliss-reactive ketones (excluding diaryl/α,β-unsaturated/α-hetero) is 1. The summed E-state index contributed by atoms with van der Waals surface area (Å²) in [6.45, 7) is 13.2. The summed E-state index contributed by atoms with van der Waals surface area (Å²) < 4.78 is 11.4. The lowest BCUT2D eigenvalue weighted by molar-refractivity contribution is -0.191. The first-order valence-corrected chi connectivity index (χ1v) is 24.0. The van der Waals surface area contributed by atoms with Crippen LogP contribution in [0.2, 0.25) is 0 Å². The molecule has 3 amide bonds. The first-order valence-electron chi connectivity index (χ1n) is 22.9. The fourth-order valence-corrected chi connectivity index (χ4v) is 15.2. The fraction of sp³-hybridized carbons (Fsp3) is 0.771. The number of hydrogen-bond acceptors (Lipinski definition) is 10. The second-order valence-electron chi connectivity index (χ2n) is 21.3. The van der Waals surface area contributed by atoms with Crippen LogP contribution in [0.3, 0.4) is 0 Å². The number of carbonyl (C=O) groups excluding carboxylic acids is 6. The van der Waals surface area contributed by atoms with Crippen LogP contribution < -0.4 is 16.0 Å². The Morgan fingerprint density at radius 1 is 0.934 bits per heavy atom. The molecule has 2 aliphatic heterocycles. The van der Waals surface area contributed by atoms with E-state index < -0.39 is 33.0 Å². The maximum absolute atomic E-state index is 14.8. The molecule has 0 aromatic carbocycles. The van der Waals surface area contributed by atoms with Gasteiger partial charge in [0.05, 0.1) is 35.6 Å². The van der Waals surface area contributed by atoms with Gasteiger partial charge in [0.1, 0.15) is 12.7 Å². The number of urea groups is 1. The van der Waals surface area contributed by atoms with E-state index in [4.69, 9.17) is 9.47 Å². The Labute approximate surface area is 366 Å². The van der Waals surface area contributed by atoms with Crippen LogP contribution in [0.1, 0.15) is 138 Å². The van der Waals surface area contributed by atoms with Gasteiger partial charge in [-0.1, -0.05) is 59.1 Å². The smallest absolute Gasteiger partial charge is 0.315 e. The monoisotopic (exact) mass is 860 g/mol. The number of fused-ring (bicyclic) bond motifs is 8. The van der Waals surface area contributed by atoms with Gasteiger partial charge < -0.3 is 25.4 Å². The van der Waals surface area contributed by atoms with E-state index in [0.29, 0.717) is 50.3 Å². The summed E-state index contributed by atoms with van der Waals surface area (Å²) in [6.07, 6.45) is 14.1. The largest absolute Gasteiger partial charge is 0.469 e. The summed E-state index contributed by atoms with van der Waals surface area (Å²) >= 11 is 1.88. The minimum atomic E-state index is -1.17. The molecule has 2 heterocycles. The second-order valence-corrected chi connectivity index (χ2v) is 22.6. The van der Waals surface area contributed by atoms with Crippen LogP contribution in [-0.4, -0.2) is 78.8 Å². The molecule has 0 aromatic rings. The van der Waals surface area contributed by atoms with E-state index in [1.54, 1.807) is 6.08 Å². The molecule has 3 saturated carbocycles. The van der Waals surface area contributed by atoms with Gasteiger partial charge in [-0.05, 0) is 112 Å². The van der Waals surface area contributed by atoms with Gasteiger partial charge in [0.2, 0.25) is 5.91 Å². The number of hydrogen-bond donors (Lipinski definition) is 3. The molecule has 12 nitrogen and oxygen atoms in total. The number of unbranched alkanes of at least 4 members (excludes halogenated alkanes) is 3. The minimum Gasteiger partial charge on any atom is -0.469 e. The summed E-state index contributed by atoms with van der Waals surface area (Å²) in [6, 6.07) is 2.47. The van der Waals surface area contributed by atoms with Crippen molar-refractivity contribution in [1.82, 2.24) is 16.0 Å². The minimum absolute atomic E-state index is 0.0171. The number of ether oxygens (including phenoxy) is 2. The Kier molecular flexibility index (Phi) is 12.5. The lowest BCUT2D eigenvalue weighted by Crippen LogP contribution is -2.66. The summed E-state index contributed by atoms with van der Waals surface area (Å²) in [5, 5.41) is 19.7. The molecule has 0 aromatic heterocycles. The van der Waals surface area contributed by atoms with Gasteiger partial charge in [-0.3, -0.25) is 24.0 Å². The van der Waals surface area contributed by atoms with Crippen LogP contribution in [0.25, 0.3) is 0 Å². The van der Waals surface area contributed by atoms with E-state index in [1.165, 1.54) is 7.11 Å². The van der Waals surface area contributed by atoms with Crippen molar-refractivity contribution in [1.29, 1.82) is 5.26 Å². The van der Waals surface area contributed by atoms with Gasteiger partial charge in [-0.15, -0.1) is 0 Å². The van der Waals surface area contributed by atoms with E-state index >= 15 is 0 Å². The summed E-state index contributed by atoms with van der Waals surface area (Å²) in [4.78, 5) is 79.8. The topological polar surface area (TPSA) is 181 Å². The molecule has 11 atom stereocenters. The van der Waals surface area contributed by atoms with Gasteiger partial charge in [0.15, 0.2) is 11.6 Å². The summed E-state index contributed by atoms with van der Waals surface area (Å²) in [5.74, 6) is -0.763. The quantitative estimate of drug-likeness (QED) is 0.0911. The highest BCUT2D eigenvalue weighted by molar-refractivity contribution is 8.00. The normalized spacial score (nSPS) is 39.3. The van der Waals surface area contributed by atoms with Crippen LogP contribution in [0.5, 0.6) is 0 Å². The SMILES string of the molecule is COC(=O)[C@]12CCC(C)(C)CC1C1C(=O)C=C3[C@@]4(C)C=C(C#N)C(=O)[C@@](C)(COC(=O)CCCCCNC(=O)CCCC[C@@H]5SC[C@@H]6NC(=O)N[C@@H]65)[C@@H]4CC[C@@]3(C)[C@]1(C)CC2. The molecular formula is C48H68N4O8S. The number of thioether (sulfide) groups is 1. The van der Waals surface area contributed by atoms with Gasteiger partial charge in [-0.25, -0.2) is 4.79 Å². The number of esters is 2. The Morgan fingerprint density at radius 3 is 2.41 bits per heavy atom. The van der Waals surface area contributed by atoms with E-state index in [2.05, 4.69) is 56.6 Å². The zero-order valence-corrected chi connectivity index (χ0v) is 38.3. The third-order valence-electron chi connectivity index (χ3n) is 17.3. The first-order chi connectivity index (χ1) is 28.8. The number of rotatable bonds is 14. The Bertz CT molecular complexity index is 1940. The van der Waals surface area contributed by atoms with Crippen LogP contribution in [0, 0.1) is 61.6 Å². The number of nitrogens with one attached hydrogen (secondary N) is 3. The van der Waals surface area contributed by atoms with Crippen molar-refractivity contribution < 1.29 is 38.2 Å².